The first-order valence-electron chi connectivity index (χ1n) is 8.38. The molecule has 1 aliphatic rings. The standard InChI is InChI=1S/C19H22ClN3O2/c1-19(2,3)25-18(24)23-10-9-14-15(12-23)21-16(22-17(14)20)11-13-7-5-4-6-8-13/h4-8H,9-12H2,1-3H3. The van der Waals surface area contributed by atoms with Gasteiger partial charge < -0.3 is 9.64 Å². The van der Waals surface area contributed by atoms with Crippen LogP contribution in [0.5, 0.6) is 0 Å². The minimum Gasteiger partial charge on any atom is -0.444 e. The molecule has 132 valence electrons. The molecule has 0 saturated heterocycles. The molecule has 6 heteroatoms. The second-order valence-corrected chi connectivity index (χ2v) is 7.53. The Morgan fingerprint density at radius 2 is 1.96 bits per heavy atom. The smallest absolute Gasteiger partial charge is 0.410 e. The van der Waals surface area contributed by atoms with Crippen LogP contribution in [-0.4, -0.2) is 33.1 Å². The number of nitrogens with zero attached hydrogens (tertiary/aromatic N) is 3. The Balaban J connectivity index is 1.80. The van der Waals surface area contributed by atoms with Gasteiger partial charge in [0.05, 0.1) is 12.2 Å². The Morgan fingerprint density at radius 3 is 2.64 bits per heavy atom. The lowest BCUT2D eigenvalue weighted by molar-refractivity contribution is 0.0220. The van der Waals surface area contributed by atoms with Crippen LogP contribution >= 0.6 is 11.6 Å². The third kappa shape index (κ3) is 4.48. The Hall–Kier alpha value is -2.14. The van der Waals surface area contributed by atoms with Gasteiger partial charge in [0, 0.05) is 18.5 Å². The van der Waals surface area contributed by atoms with Crippen molar-refractivity contribution in [2.24, 2.45) is 0 Å². The molecule has 2 aromatic rings. The van der Waals surface area contributed by atoms with Gasteiger partial charge in [-0.25, -0.2) is 14.8 Å². The van der Waals surface area contributed by atoms with Crippen LogP contribution in [0, 0.1) is 0 Å². The monoisotopic (exact) mass is 359 g/mol. The molecule has 0 unspecified atom stereocenters. The molecule has 0 fully saturated rings. The highest BCUT2D eigenvalue weighted by molar-refractivity contribution is 6.30. The number of amides is 1. The first-order chi connectivity index (χ1) is 11.8. The van der Waals surface area contributed by atoms with E-state index in [1.54, 1.807) is 4.90 Å². The summed E-state index contributed by atoms with van der Waals surface area (Å²) in [6.45, 7) is 6.54. The highest BCUT2D eigenvalue weighted by atomic mass is 35.5. The Morgan fingerprint density at radius 1 is 1.24 bits per heavy atom. The Kier molecular flexibility index (Phi) is 4.95. The third-order valence-corrected chi connectivity index (χ3v) is 4.23. The lowest BCUT2D eigenvalue weighted by Crippen LogP contribution is -2.40. The zero-order valence-electron chi connectivity index (χ0n) is 14.8. The summed E-state index contributed by atoms with van der Waals surface area (Å²) < 4.78 is 5.46. The maximum absolute atomic E-state index is 12.3. The largest absolute Gasteiger partial charge is 0.444 e. The maximum atomic E-state index is 12.3. The van der Waals surface area contributed by atoms with E-state index in [1.807, 2.05) is 51.1 Å². The average molecular weight is 360 g/mol. The molecular weight excluding hydrogens is 338 g/mol. The van der Waals surface area contributed by atoms with Gasteiger partial charge in [-0.2, -0.15) is 0 Å². The van der Waals surface area contributed by atoms with Gasteiger partial charge in [0.25, 0.3) is 0 Å². The van der Waals surface area contributed by atoms with E-state index in [0.29, 0.717) is 36.9 Å². The Labute approximate surface area is 153 Å². The van der Waals surface area contributed by atoms with Crippen molar-refractivity contribution in [2.45, 2.75) is 45.8 Å². The van der Waals surface area contributed by atoms with Gasteiger partial charge in [-0.1, -0.05) is 41.9 Å². The molecule has 1 amide bonds. The van der Waals surface area contributed by atoms with Crippen LogP contribution in [0.25, 0.3) is 0 Å². The van der Waals surface area contributed by atoms with Crippen molar-refractivity contribution in [3.8, 4) is 0 Å². The van der Waals surface area contributed by atoms with Crippen molar-refractivity contribution in [3.05, 3.63) is 58.1 Å². The molecule has 0 radical (unpaired) electrons. The molecule has 25 heavy (non-hydrogen) atoms. The zero-order valence-corrected chi connectivity index (χ0v) is 15.5. The number of halogens is 1. The van der Waals surface area contributed by atoms with E-state index in [0.717, 1.165) is 16.8 Å². The lowest BCUT2D eigenvalue weighted by atomic mass is 10.1. The second kappa shape index (κ2) is 7.00. The van der Waals surface area contributed by atoms with Gasteiger partial charge in [-0.05, 0) is 32.8 Å². The SMILES string of the molecule is CC(C)(C)OC(=O)N1CCc2c(Cl)nc(Cc3ccccc3)nc2C1. The summed E-state index contributed by atoms with van der Waals surface area (Å²) in [6.07, 6.45) is 0.928. The van der Waals surface area contributed by atoms with Gasteiger partial charge in [0.1, 0.15) is 16.6 Å². The topological polar surface area (TPSA) is 55.3 Å². The Bertz CT molecular complexity index is 772. The predicted octanol–water partition coefficient (Wildman–Crippen LogP) is 4.01. The molecule has 1 aromatic heterocycles. The van der Waals surface area contributed by atoms with Crippen molar-refractivity contribution in [3.63, 3.8) is 0 Å². The predicted molar refractivity (Wildman–Crippen MR) is 96.6 cm³/mol. The third-order valence-electron chi connectivity index (χ3n) is 3.92. The van der Waals surface area contributed by atoms with Gasteiger partial charge >= 0.3 is 6.09 Å². The van der Waals surface area contributed by atoms with Crippen molar-refractivity contribution in [2.75, 3.05) is 6.54 Å². The molecule has 1 aliphatic heterocycles. The number of hydrogen-bond acceptors (Lipinski definition) is 4. The quantitative estimate of drug-likeness (QED) is 0.760. The van der Waals surface area contributed by atoms with Crippen LogP contribution in [0.3, 0.4) is 0 Å². The number of hydrogen-bond donors (Lipinski definition) is 0. The molecule has 1 aromatic carbocycles. The van der Waals surface area contributed by atoms with E-state index < -0.39 is 5.60 Å². The molecule has 0 aliphatic carbocycles. The summed E-state index contributed by atoms with van der Waals surface area (Å²) in [5.74, 6) is 0.668. The lowest BCUT2D eigenvalue weighted by Gasteiger charge is -2.31. The van der Waals surface area contributed by atoms with Crippen LogP contribution in [0.4, 0.5) is 4.79 Å². The molecule has 5 nitrogen and oxygen atoms in total. The van der Waals surface area contributed by atoms with Crippen LogP contribution in [0.15, 0.2) is 30.3 Å². The van der Waals surface area contributed by atoms with Crippen LogP contribution < -0.4 is 0 Å². The first kappa shape index (κ1) is 17.7. The fourth-order valence-corrected chi connectivity index (χ4v) is 3.07. The molecule has 0 atom stereocenters. The molecule has 0 bridgehead atoms. The van der Waals surface area contributed by atoms with Crippen molar-refractivity contribution < 1.29 is 9.53 Å². The van der Waals surface area contributed by atoms with Gasteiger partial charge in [-0.3, -0.25) is 0 Å². The molecule has 0 spiro atoms. The van der Waals surface area contributed by atoms with E-state index >= 15 is 0 Å². The van der Waals surface area contributed by atoms with Gasteiger partial charge in [0.2, 0.25) is 0 Å². The summed E-state index contributed by atoms with van der Waals surface area (Å²) >= 11 is 6.36. The number of benzene rings is 1. The molecule has 0 saturated carbocycles. The second-order valence-electron chi connectivity index (χ2n) is 7.17. The summed E-state index contributed by atoms with van der Waals surface area (Å²) in [5.41, 5.74) is 2.35. The first-order valence-corrected chi connectivity index (χ1v) is 8.75. The van der Waals surface area contributed by atoms with Crippen LogP contribution in [0.2, 0.25) is 5.15 Å². The molecule has 2 heterocycles. The zero-order chi connectivity index (χ0) is 18.0. The van der Waals surface area contributed by atoms with E-state index in [1.165, 1.54) is 0 Å². The van der Waals surface area contributed by atoms with E-state index in [2.05, 4.69) is 9.97 Å². The number of carbonyl (C=O) groups is 1. The fraction of sp³-hybridized carbons (Fsp3) is 0.421. The van der Waals surface area contributed by atoms with E-state index in [9.17, 15) is 4.79 Å². The highest BCUT2D eigenvalue weighted by Crippen LogP contribution is 2.25. The van der Waals surface area contributed by atoms with E-state index in [4.69, 9.17) is 16.3 Å². The number of carbonyl (C=O) groups excluding carboxylic acids is 1. The maximum Gasteiger partial charge on any atom is 0.410 e. The summed E-state index contributed by atoms with van der Waals surface area (Å²) in [7, 11) is 0. The van der Waals surface area contributed by atoms with Crippen molar-refractivity contribution in [1.82, 2.24) is 14.9 Å². The molecule has 0 N–H and O–H groups in total. The fourth-order valence-electron chi connectivity index (χ4n) is 2.77. The van der Waals surface area contributed by atoms with Crippen molar-refractivity contribution in [1.29, 1.82) is 0 Å². The summed E-state index contributed by atoms with van der Waals surface area (Å²) in [5, 5.41) is 0.486. The number of aromatic nitrogens is 2. The van der Waals surface area contributed by atoms with Gasteiger partial charge in [-0.15, -0.1) is 0 Å². The number of rotatable bonds is 2. The van der Waals surface area contributed by atoms with Crippen LogP contribution in [0.1, 0.15) is 43.4 Å². The minimum atomic E-state index is -0.515. The number of ether oxygens (including phenoxy) is 1. The average Bonchev–Trinajstić information content (AvgIpc) is 2.53. The molecular formula is C19H22ClN3O2. The van der Waals surface area contributed by atoms with Crippen molar-refractivity contribution >= 4 is 17.7 Å². The normalized spacial score (nSPS) is 14.2. The van der Waals surface area contributed by atoms with Gasteiger partial charge in [0.15, 0.2) is 0 Å². The summed E-state index contributed by atoms with van der Waals surface area (Å²) in [6, 6.07) is 10.0. The summed E-state index contributed by atoms with van der Waals surface area (Å²) in [4.78, 5) is 23.1. The van der Waals surface area contributed by atoms with E-state index in [-0.39, 0.29) is 6.09 Å². The molecule has 3 rings (SSSR count). The van der Waals surface area contributed by atoms with Crippen LogP contribution in [-0.2, 0) is 24.1 Å². The minimum absolute atomic E-state index is 0.322. The number of fused-ring (bicyclic) bond motifs is 1. The highest BCUT2D eigenvalue weighted by Gasteiger charge is 2.28.